The van der Waals surface area contributed by atoms with Gasteiger partial charge in [-0.3, -0.25) is 0 Å². The van der Waals surface area contributed by atoms with E-state index in [2.05, 4.69) is 45.2 Å². The van der Waals surface area contributed by atoms with Crippen LogP contribution in [0.3, 0.4) is 0 Å². The first-order chi connectivity index (χ1) is 8.88. The highest BCUT2D eigenvalue weighted by molar-refractivity contribution is 7.09. The Morgan fingerprint density at radius 3 is 2.53 bits per heavy atom. The van der Waals surface area contributed by atoms with Crippen LogP contribution in [0.25, 0.3) is 0 Å². The maximum absolute atomic E-state index is 6.31. The number of hydrogen-bond donors (Lipinski definition) is 1. The zero-order valence-electron chi connectivity index (χ0n) is 12.1. The van der Waals surface area contributed by atoms with Crippen LogP contribution in [0.2, 0.25) is 0 Å². The Hall–Kier alpha value is -1.19. The summed E-state index contributed by atoms with van der Waals surface area (Å²) in [5, 5.41) is 3.28. The average molecular weight is 274 g/mol. The number of rotatable bonds is 3. The molecule has 1 atom stereocenters. The van der Waals surface area contributed by atoms with Gasteiger partial charge in [-0.25, -0.2) is 4.98 Å². The summed E-state index contributed by atoms with van der Waals surface area (Å²) >= 11 is 1.71. The molecule has 0 aliphatic carbocycles. The molecule has 1 aromatic carbocycles. The van der Waals surface area contributed by atoms with E-state index in [9.17, 15) is 0 Å². The monoisotopic (exact) mass is 274 g/mol. The Morgan fingerprint density at radius 2 is 1.95 bits per heavy atom. The number of benzene rings is 1. The van der Waals surface area contributed by atoms with Crippen molar-refractivity contribution in [1.29, 1.82) is 0 Å². The number of aryl methyl sites for hydroxylation is 1. The Balaban J connectivity index is 2.14. The summed E-state index contributed by atoms with van der Waals surface area (Å²) in [5.74, 6) is 0. The summed E-state index contributed by atoms with van der Waals surface area (Å²) in [4.78, 5) is 4.72. The summed E-state index contributed by atoms with van der Waals surface area (Å²) in [6, 6.07) is 8.34. The summed E-state index contributed by atoms with van der Waals surface area (Å²) in [5.41, 5.74) is 10.1. The Labute approximate surface area is 119 Å². The van der Waals surface area contributed by atoms with E-state index in [0.29, 0.717) is 0 Å². The van der Waals surface area contributed by atoms with Crippen LogP contribution in [-0.4, -0.2) is 4.98 Å². The predicted molar refractivity (Wildman–Crippen MR) is 82.6 cm³/mol. The second-order valence-electron chi connectivity index (χ2n) is 6.04. The van der Waals surface area contributed by atoms with Gasteiger partial charge in [-0.1, -0.05) is 45.0 Å². The third-order valence-electron chi connectivity index (χ3n) is 3.30. The number of nitrogens with two attached hydrogens (primary N) is 1. The van der Waals surface area contributed by atoms with Gasteiger partial charge in [0.1, 0.15) is 0 Å². The zero-order valence-corrected chi connectivity index (χ0v) is 12.9. The van der Waals surface area contributed by atoms with Gasteiger partial charge >= 0.3 is 0 Å². The molecule has 2 nitrogen and oxygen atoms in total. The molecule has 3 heteroatoms. The van der Waals surface area contributed by atoms with Gasteiger partial charge in [-0.05, 0) is 18.1 Å². The van der Waals surface area contributed by atoms with Crippen LogP contribution in [0.15, 0.2) is 29.6 Å². The van der Waals surface area contributed by atoms with Gasteiger partial charge in [0.05, 0.1) is 10.7 Å². The Bertz CT molecular complexity index is 552. The Kier molecular flexibility index (Phi) is 4.07. The fourth-order valence-electron chi connectivity index (χ4n) is 2.05. The normalized spacial score (nSPS) is 13.5. The van der Waals surface area contributed by atoms with Crippen molar-refractivity contribution in [2.24, 2.45) is 5.73 Å². The van der Waals surface area contributed by atoms with Gasteiger partial charge in [0, 0.05) is 23.3 Å². The van der Waals surface area contributed by atoms with Gasteiger partial charge in [0.15, 0.2) is 0 Å². The van der Waals surface area contributed by atoms with Crippen molar-refractivity contribution in [2.45, 2.75) is 45.6 Å². The number of hydrogen-bond acceptors (Lipinski definition) is 3. The standard InChI is InChI=1S/C16H22N2S/c1-11-7-5-6-8-12(11)13(17)9-15-18-14(10-19-15)16(2,3)4/h5-8,10,13H,9,17H2,1-4H3. The van der Waals surface area contributed by atoms with Crippen LogP contribution in [0.5, 0.6) is 0 Å². The first-order valence-electron chi connectivity index (χ1n) is 6.64. The lowest BCUT2D eigenvalue weighted by Gasteiger charge is -2.15. The molecule has 2 rings (SSSR count). The van der Waals surface area contributed by atoms with Crippen molar-refractivity contribution in [3.05, 3.63) is 51.5 Å². The van der Waals surface area contributed by atoms with Crippen molar-refractivity contribution < 1.29 is 0 Å². The van der Waals surface area contributed by atoms with Crippen LogP contribution >= 0.6 is 11.3 Å². The van der Waals surface area contributed by atoms with Crippen LogP contribution in [-0.2, 0) is 11.8 Å². The lowest BCUT2D eigenvalue weighted by atomic mass is 9.93. The summed E-state index contributed by atoms with van der Waals surface area (Å²) < 4.78 is 0. The van der Waals surface area contributed by atoms with Gasteiger partial charge < -0.3 is 5.73 Å². The van der Waals surface area contributed by atoms with Crippen molar-refractivity contribution in [3.8, 4) is 0 Å². The van der Waals surface area contributed by atoms with Crippen molar-refractivity contribution >= 4 is 11.3 Å². The topological polar surface area (TPSA) is 38.9 Å². The van der Waals surface area contributed by atoms with Gasteiger partial charge in [0.25, 0.3) is 0 Å². The molecular weight excluding hydrogens is 252 g/mol. The lowest BCUT2D eigenvalue weighted by molar-refractivity contribution is 0.569. The van der Waals surface area contributed by atoms with E-state index >= 15 is 0 Å². The highest BCUT2D eigenvalue weighted by Gasteiger charge is 2.18. The molecule has 0 aliphatic heterocycles. The van der Waals surface area contributed by atoms with Crippen LogP contribution in [0, 0.1) is 6.92 Å². The van der Waals surface area contributed by atoms with Gasteiger partial charge in [-0.2, -0.15) is 0 Å². The molecule has 2 aromatic rings. The van der Waals surface area contributed by atoms with E-state index in [4.69, 9.17) is 10.7 Å². The molecule has 19 heavy (non-hydrogen) atoms. The average Bonchev–Trinajstić information content (AvgIpc) is 2.77. The van der Waals surface area contributed by atoms with Crippen molar-refractivity contribution in [3.63, 3.8) is 0 Å². The van der Waals surface area contributed by atoms with E-state index in [1.54, 1.807) is 11.3 Å². The smallest absolute Gasteiger partial charge is 0.0947 e. The number of thiazole rings is 1. The molecule has 1 unspecified atom stereocenters. The van der Waals surface area contributed by atoms with Crippen LogP contribution in [0.4, 0.5) is 0 Å². The fourth-order valence-corrected chi connectivity index (χ4v) is 3.13. The fraction of sp³-hybridized carbons (Fsp3) is 0.438. The minimum Gasteiger partial charge on any atom is -0.324 e. The van der Waals surface area contributed by atoms with Gasteiger partial charge in [-0.15, -0.1) is 11.3 Å². The number of aromatic nitrogens is 1. The van der Waals surface area contributed by atoms with Crippen molar-refractivity contribution in [1.82, 2.24) is 4.98 Å². The molecule has 0 bridgehead atoms. The third-order valence-corrected chi connectivity index (χ3v) is 4.17. The first-order valence-corrected chi connectivity index (χ1v) is 7.52. The van der Waals surface area contributed by atoms with E-state index in [-0.39, 0.29) is 11.5 Å². The second kappa shape index (κ2) is 5.43. The first kappa shape index (κ1) is 14.2. The molecule has 0 saturated carbocycles. The highest BCUT2D eigenvalue weighted by Crippen LogP contribution is 2.26. The molecule has 0 aliphatic rings. The third kappa shape index (κ3) is 3.43. The van der Waals surface area contributed by atoms with Gasteiger partial charge in [0.2, 0.25) is 0 Å². The second-order valence-corrected chi connectivity index (χ2v) is 6.99. The van der Waals surface area contributed by atoms with Crippen molar-refractivity contribution in [2.75, 3.05) is 0 Å². The number of nitrogens with zero attached hydrogens (tertiary/aromatic N) is 1. The molecule has 1 heterocycles. The van der Waals surface area contributed by atoms with Crippen LogP contribution < -0.4 is 5.73 Å². The molecular formula is C16H22N2S. The minimum atomic E-state index is 0.0279. The molecule has 2 N–H and O–H groups in total. The van der Waals surface area contributed by atoms with E-state index < -0.39 is 0 Å². The quantitative estimate of drug-likeness (QED) is 0.919. The maximum atomic E-state index is 6.31. The summed E-state index contributed by atoms with van der Waals surface area (Å²) in [6.45, 7) is 8.67. The summed E-state index contributed by atoms with van der Waals surface area (Å²) in [6.07, 6.45) is 0.811. The molecule has 0 fully saturated rings. The molecule has 1 aromatic heterocycles. The van der Waals surface area contributed by atoms with Crippen LogP contribution in [0.1, 0.15) is 48.6 Å². The van der Waals surface area contributed by atoms with E-state index in [1.165, 1.54) is 11.1 Å². The molecule has 0 spiro atoms. The predicted octanol–water partition coefficient (Wildman–Crippen LogP) is 3.99. The zero-order chi connectivity index (χ0) is 14.0. The highest BCUT2D eigenvalue weighted by atomic mass is 32.1. The molecule has 0 radical (unpaired) electrons. The molecule has 0 saturated heterocycles. The SMILES string of the molecule is Cc1ccccc1C(N)Cc1nc(C(C)(C)C)cs1. The van der Waals surface area contributed by atoms with E-state index in [1.807, 2.05) is 12.1 Å². The maximum Gasteiger partial charge on any atom is 0.0947 e. The summed E-state index contributed by atoms with van der Waals surface area (Å²) in [7, 11) is 0. The lowest BCUT2D eigenvalue weighted by Crippen LogP contribution is -2.15. The molecule has 0 amide bonds. The minimum absolute atomic E-state index is 0.0279. The molecule has 102 valence electrons. The Morgan fingerprint density at radius 1 is 1.26 bits per heavy atom. The largest absolute Gasteiger partial charge is 0.324 e. The van der Waals surface area contributed by atoms with E-state index in [0.717, 1.165) is 17.1 Å².